The van der Waals surface area contributed by atoms with Crippen molar-refractivity contribution in [3.8, 4) is 0 Å². The van der Waals surface area contributed by atoms with Gasteiger partial charge in [-0.05, 0) is 19.9 Å². The van der Waals surface area contributed by atoms with Crippen LogP contribution in [0.2, 0.25) is 0 Å². The van der Waals surface area contributed by atoms with Gasteiger partial charge in [0.25, 0.3) is 0 Å². The Hall–Kier alpha value is -0.410. The lowest BCUT2D eigenvalue weighted by Crippen LogP contribution is -2.25. The summed E-state index contributed by atoms with van der Waals surface area (Å²) < 4.78 is 0. The Bertz CT molecular complexity index is 325. The first-order valence-corrected chi connectivity index (χ1v) is 7.47. The zero-order chi connectivity index (χ0) is 12.9. The fourth-order valence-electron chi connectivity index (χ4n) is 1.85. The van der Waals surface area contributed by atoms with Gasteiger partial charge in [-0.1, -0.05) is 34.1 Å². The van der Waals surface area contributed by atoms with Crippen LogP contribution >= 0.6 is 11.3 Å². The molecular weight excluding hydrogens is 228 g/mol. The quantitative estimate of drug-likeness (QED) is 0.836. The second-order valence-corrected chi connectivity index (χ2v) is 6.63. The Labute approximate surface area is 110 Å². The zero-order valence-corrected chi connectivity index (χ0v) is 12.7. The minimum absolute atomic E-state index is 0.181. The van der Waals surface area contributed by atoms with Gasteiger partial charge in [-0.15, -0.1) is 11.3 Å². The summed E-state index contributed by atoms with van der Waals surface area (Å²) in [7, 11) is 2.06. The Morgan fingerprint density at radius 3 is 2.53 bits per heavy atom. The largest absolute Gasteiger partial charge is 0.317 e. The third-order valence-corrected chi connectivity index (χ3v) is 3.98. The van der Waals surface area contributed by atoms with Crippen LogP contribution in [0.1, 0.15) is 57.7 Å². The highest BCUT2D eigenvalue weighted by atomic mass is 32.1. The lowest BCUT2D eigenvalue weighted by molar-refractivity contribution is 0.482. The molecule has 0 aromatic carbocycles. The number of hydrogen-bond acceptors (Lipinski definition) is 3. The number of hydrogen-bond donors (Lipinski definition) is 1. The number of nitrogens with one attached hydrogen (secondary N) is 1. The summed E-state index contributed by atoms with van der Waals surface area (Å²) in [6.45, 7) is 8.91. The van der Waals surface area contributed by atoms with Crippen molar-refractivity contribution in [3.05, 3.63) is 16.1 Å². The summed E-state index contributed by atoms with van der Waals surface area (Å²) in [4.78, 5) is 4.74. The van der Waals surface area contributed by atoms with E-state index >= 15 is 0 Å². The molecule has 2 nitrogen and oxygen atoms in total. The van der Waals surface area contributed by atoms with E-state index < -0.39 is 0 Å². The van der Waals surface area contributed by atoms with Crippen molar-refractivity contribution >= 4 is 11.3 Å². The standard InChI is InChI=1S/C14H26N2S/c1-6-7-11(15-5)8-9-13-16-12(10-17-13)14(2,3)4/h10-11,15H,6-9H2,1-5H3. The molecule has 0 saturated carbocycles. The monoisotopic (exact) mass is 254 g/mol. The summed E-state index contributed by atoms with van der Waals surface area (Å²) in [6, 6.07) is 0.641. The highest BCUT2D eigenvalue weighted by Gasteiger charge is 2.17. The number of nitrogens with zero attached hydrogens (tertiary/aromatic N) is 1. The van der Waals surface area contributed by atoms with Crippen LogP contribution in [0.4, 0.5) is 0 Å². The molecule has 17 heavy (non-hydrogen) atoms. The van der Waals surface area contributed by atoms with Gasteiger partial charge in [0.1, 0.15) is 0 Å². The first-order valence-electron chi connectivity index (χ1n) is 6.59. The lowest BCUT2D eigenvalue weighted by atomic mass is 9.93. The summed E-state index contributed by atoms with van der Waals surface area (Å²) in [5, 5.41) is 6.88. The average molecular weight is 254 g/mol. The first kappa shape index (κ1) is 14.7. The molecule has 98 valence electrons. The number of aryl methyl sites for hydroxylation is 1. The van der Waals surface area contributed by atoms with Gasteiger partial charge in [-0.3, -0.25) is 0 Å². The van der Waals surface area contributed by atoms with Gasteiger partial charge >= 0.3 is 0 Å². The summed E-state index contributed by atoms with van der Waals surface area (Å²) in [5.74, 6) is 0. The van der Waals surface area contributed by atoms with E-state index in [1.807, 2.05) is 11.3 Å². The third-order valence-electron chi connectivity index (χ3n) is 3.07. The molecule has 1 aromatic rings. The Balaban J connectivity index is 2.49. The van der Waals surface area contributed by atoms with Crippen LogP contribution in [-0.4, -0.2) is 18.1 Å². The molecule has 0 bridgehead atoms. The van der Waals surface area contributed by atoms with Gasteiger partial charge in [-0.25, -0.2) is 4.98 Å². The number of rotatable bonds is 6. The van der Waals surface area contributed by atoms with Gasteiger partial charge < -0.3 is 5.32 Å². The summed E-state index contributed by atoms with van der Waals surface area (Å²) in [5.41, 5.74) is 1.41. The minimum Gasteiger partial charge on any atom is -0.317 e. The van der Waals surface area contributed by atoms with E-state index in [2.05, 4.69) is 45.4 Å². The molecule has 0 aliphatic heterocycles. The summed E-state index contributed by atoms with van der Waals surface area (Å²) in [6.07, 6.45) is 4.80. The van der Waals surface area contributed by atoms with Gasteiger partial charge in [0.2, 0.25) is 0 Å². The Kier molecular flexibility index (Phi) is 5.60. The van der Waals surface area contributed by atoms with Crippen LogP contribution < -0.4 is 5.32 Å². The smallest absolute Gasteiger partial charge is 0.0929 e. The van der Waals surface area contributed by atoms with E-state index in [1.165, 1.54) is 30.0 Å². The van der Waals surface area contributed by atoms with Crippen molar-refractivity contribution in [3.63, 3.8) is 0 Å². The molecule has 1 heterocycles. The number of thiazole rings is 1. The van der Waals surface area contributed by atoms with Gasteiger partial charge in [-0.2, -0.15) is 0 Å². The maximum atomic E-state index is 4.74. The molecule has 0 spiro atoms. The van der Waals surface area contributed by atoms with Crippen molar-refractivity contribution in [2.45, 2.75) is 64.8 Å². The second kappa shape index (κ2) is 6.50. The highest BCUT2D eigenvalue weighted by Crippen LogP contribution is 2.24. The van der Waals surface area contributed by atoms with E-state index in [-0.39, 0.29) is 5.41 Å². The summed E-state index contributed by atoms with van der Waals surface area (Å²) >= 11 is 1.81. The average Bonchev–Trinajstić information content (AvgIpc) is 2.72. The first-order chi connectivity index (χ1) is 7.97. The highest BCUT2D eigenvalue weighted by molar-refractivity contribution is 7.09. The van der Waals surface area contributed by atoms with E-state index in [1.54, 1.807) is 0 Å². The minimum atomic E-state index is 0.181. The zero-order valence-electron chi connectivity index (χ0n) is 11.8. The van der Waals surface area contributed by atoms with Gasteiger partial charge in [0.15, 0.2) is 0 Å². The molecule has 1 rings (SSSR count). The van der Waals surface area contributed by atoms with Gasteiger partial charge in [0, 0.05) is 23.3 Å². The lowest BCUT2D eigenvalue weighted by Gasteiger charge is -2.15. The molecular formula is C14H26N2S. The topological polar surface area (TPSA) is 24.9 Å². The molecule has 0 aliphatic rings. The number of aromatic nitrogens is 1. The van der Waals surface area contributed by atoms with Crippen LogP contribution in [0.3, 0.4) is 0 Å². The molecule has 3 heteroatoms. The van der Waals surface area contributed by atoms with E-state index in [4.69, 9.17) is 4.98 Å². The predicted molar refractivity (Wildman–Crippen MR) is 76.9 cm³/mol. The van der Waals surface area contributed by atoms with Gasteiger partial charge in [0.05, 0.1) is 10.7 Å². The van der Waals surface area contributed by atoms with Crippen molar-refractivity contribution in [2.75, 3.05) is 7.05 Å². The van der Waals surface area contributed by atoms with Crippen LogP contribution in [0.5, 0.6) is 0 Å². The van der Waals surface area contributed by atoms with Crippen LogP contribution in [-0.2, 0) is 11.8 Å². The maximum Gasteiger partial charge on any atom is 0.0929 e. The Morgan fingerprint density at radius 2 is 2.06 bits per heavy atom. The third kappa shape index (κ3) is 4.76. The van der Waals surface area contributed by atoms with E-state index in [0.29, 0.717) is 6.04 Å². The van der Waals surface area contributed by atoms with Crippen LogP contribution in [0, 0.1) is 0 Å². The van der Waals surface area contributed by atoms with Crippen molar-refractivity contribution < 1.29 is 0 Å². The van der Waals surface area contributed by atoms with Crippen molar-refractivity contribution in [1.82, 2.24) is 10.3 Å². The predicted octanol–water partition coefficient (Wildman–Crippen LogP) is 3.76. The molecule has 1 aromatic heterocycles. The van der Waals surface area contributed by atoms with Crippen LogP contribution in [0.25, 0.3) is 0 Å². The maximum absolute atomic E-state index is 4.74. The Morgan fingerprint density at radius 1 is 1.35 bits per heavy atom. The molecule has 0 aliphatic carbocycles. The molecule has 1 unspecified atom stereocenters. The fourth-order valence-corrected chi connectivity index (χ4v) is 2.89. The van der Waals surface area contributed by atoms with Crippen molar-refractivity contribution in [2.24, 2.45) is 0 Å². The SMILES string of the molecule is CCCC(CCc1nc(C(C)(C)C)cs1)NC. The van der Waals surface area contributed by atoms with E-state index in [9.17, 15) is 0 Å². The van der Waals surface area contributed by atoms with Crippen molar-refractivity contribution in [1.29, 1.82) is 0 Å². The fraction of sp³-hybridized carbons (Fsp3) is 0.786. The molecule has 1 N–H and O–H groups in total. The molecule has 0 saturated heterocycles. The normalized spacial score (nSPS) is 13.9. The molecule has 1 atom stereocenters. The molecule has 0 fully saturated rings. The second-order valence-electron chi connectivity index (χ2n) is 5.69. The van der Waals surface area contributed by atoms with Crippen LogP contribution in [0.15, 0.2) is 5.38 Å². The molecule has 0 amide bonds. The van der Waals surface area contributed by atoms with E-state index in [0.717, 1.165) is 6.42 Å². The molecule has 0 radical (unpaired) electrons.